The quantitative estimate of drug-likeness (QED) is 0.670. The first-order chi connectivity index (χ1) is 8.96. The Morgan fingerprint density at radius 2 is 1.89 bits per heavy atom. The molecule has 0 aromatic heterocycles. The predicted molar refractivity (Wildman–Crippen MR) is 78.8 cm³/mol. The van der Waals surface area contributed by atoms with E-state index in [2.05, 4.69) is 26.5 Å². The summed E-state index contributed by atoms with van der Waals surface area (Å²) in [6, 6.07) is 0. The van der Waals surface area contributed by atoms with Crippen LogP contribution >= 0.6 is 0 Å². The minimum absolute atomic E-state index is 0.125. The van der Waals surface area contributed by atoms with Crippen molar-refractivity contribution in [1.82, 2.24) is 0 Å². The Hall–Kier alpha value is -1.11. The molecule has 1 heteroatoms. The van der Waals surface area contributed by atoms with Crippen LogP contribution in [0.15, 0.2) is 34.9 Å². The second kappa shape index (κ2) is 4.19. The lowest BCUT2D eigenvalue weighted by Gasteiger charge is -2.32. The fourth-order valence-electron chi connectivity index (χ4n) is 4.73. The number of Topliss-reactive ketones (excluding diaryl/α,β-unsaturated/α-hetero) is 1. The van der Waals surface area contributed by atoms with Crippen molar-refractivity contribution in [1.29, 1.82) is 0 Å². The first-order valence-corrected chi connectivity index (χ1v) is 7.54. The van der Waals surface area contributed by atoms with E-state index in [1.54, 1.807) is 0 Å². The topological polar surface area (TPSA) is 17.1 Å². The molecule has 2 saturated carbocycles. The summed E-state index contributed by atoms with van der Waals surface area (Å²) in [6.45, 7) is 10.5. The lowest BCUT2D eigenvalue weighted by molar-refractivity contribution is -0.120. The van der Waals surface area contributed by atoms with Gasteiger partial charge in [-0.25, -0.2) is 0 Å². The van der Waals surface area contributed by atoms with Crippen molar-refractivity contribution in [2.75, 3.05) is 0 Å². The highest BCUT2D eigenvalue weighted by molar-refractivity contribution is 5.91. The molecule has 0 bridgehead atoms. The predicted octanol–water partition coefficient (Wildman–Crippen LogP) is 4.60. The molecule has 3 aliphatic carbocycles. The highest BCUT2D eigenvalue weighted by atomic mass is 16.1. The number of fused-ring (bicyclic) bond motifs is 2. The van der Waals surface area contributed by atoms with E-state index in [0.29, 0.717) is 11.7 Å². The third kappa shape index (κ3) is 1.70. The maximum Gasteiger partial charge on any atom is 0.141 e. The van der Waals surface area contributed by atoms with Crippen LogP contribution in [0.2, 0.25) is 0 Å². The molecule has 3 rings (SSSR count). The SMILES string of the molecule is C=C(C)C1=CC(=C(C)C)[C@H]2[C@@H]1C(=O)CC21CCCC1. The summed E-state index contributed by atoms with van der Waals surface area (Å²) in [4.78, 5) is 12.6. The van der Waals surface area contributed by atoms with Crippen LogP contribution < -0.4 is 0 Å². The Bertz CT molecular complexity index is 508. The molecule has 102 valence electrons. The first kappa shape index (κ1) is 12.9. The number of carbonyl (C=O) groups is 1. The van der Waals surface area contributed by atoms with Gasteiger partial charge in [-0.3, -0.25) is 4.79 Å². The Labute approximate surface area is 116 Å². The zero-order valence-corrected chi connectivity index (χ0v) is 12.4. The molecule has 19 heavy (non-hydrogen) atoms. The molecule has 2 atom stereocenters. The standard InChI is InChI=1S/C18H24O/c1-11(2)13-9-14(12(3)4)17-16(13)15(19)10-18(17)7-5-6-8-18/h9,16-17H,1,5-8,10H2,2-4H3/t16-,17-/m0/s1. The van der Waals surface area contributed by atoms with Crippen molar-refractivity contribution in [3.05, 3.63) is 34.9 Å². The van der Waals surface area contributed by atoms with E-state index in [0.717, 1.165) is 12.0 Å². The van der Waals surface area contributed by atoms with Gasteiger partial charge in [-0.2, -0.15) is 0 Å². The maximum atomic E-state index is 12.6. The molecule has 0 amide bonds. The molecule has 0 saturated heterocycles. The molecular weight excluding hydrogens is 232 g/mol. The second-order valence-corrected chi connectivity index (χ2v) is 7.00. The second-order valence-electron chi connectivity index (χ2n) is 7.00. The molecule has 3 aliphatic rings. The van der Waals surface area contributed by atoms with E-state index in [-0.39, 0.29) is 11.3 Å². The average Bonchev–Trinajstić information content (AvgIpc) is 2.97. The summed E-state index contributed by atoms with van der Waals surface area (Å²) in [6.07, 6.45) is 8.18. The van der Waals surface area contributed by atoms with E-state index < -0.39 is 0 Å². The van der Waals surface area contributed by atoms with E-state index in [9.17, 15) is 4.79 Å². The normalized spacial score (nSPS) is 31.8. The highest BCUT2D eigenvalue weighted by Crippen LogP contribution is 2.62. The van der Waals surface area contributed by atoms with Crippen molar-refractivity contribution < 1.29 is 4.79 Å². The molecule has 0 aromatic rings. The smallest absolute Gasteiger partial charge is 0.141 e. The highest BCUT2D eigenvalue weighted by Gasteiger charge is 2.58. The molecule has 0 radical (unpaired) electrons. The van der Waals surface area contributed by atoms with E-state index in [1.807, 2.05) is 6.92 Å². The van der Waals surface area contributed by atoms with Gasteiger partial charge in [0.2, 0.25) is 0 Å². The number of allylic oxidation sites excluding steroid dienone is 5. The zero-order valence-electron chi connectivity index (χ0n) is 12.4. The van der Waals surface area contributed by atoms with Gasteiger partial charge in [0.25, 0.3) is 0 Å². The van der Waals surface area contributed by atoms with Gasteiger partial charge in [0, 0.05) is 12.3 Å². The monoisotopic (exact) mass is 256 g/mol. The van der Waals surface area contributed by atoms with Gasteiger partial charge < -0.3 is 0 Å². The van der Waals surface area contributed by atoms with Crippen LogP contribution in [-0.2, 0) is 4.79 Å². The van der Waals surface area contributed by atoms with Crippen LogP contribution in [0.25, 0.3) is 0 Å². The van der Waals surface area contributed by atoms with Gasteiger partial charge in [0.1, 0.15) is 5.78 Å². The van der Waals surface area contributed by atoms with Crippen molar-refractivity contribution in [2.45, 2.75) is 52.9 Å². The van der Waals surface area contributed by atoms with Gasteiger partial charge in [0.05, 0.1) is 5.92 Å². The first-order valence-electron chi connectivity index (χ1n) is 7.54. The molecule has 2 fully saturated rings. The van der Waals surface area contributed by atoms with Crippen molar-refractivity contribution in [3.8, 4) is 0 Å². The van der Waals surface area contributed by atoms with E-state index >= 15 is 0 Å². The Balaban J connectivity index is 2.12. The molecule has 1 spiro atoms. The molecular formula is C18H24O. The van der Waals surface area contributed by atoms with Crippen LogP contribution in [0.5, 0.6) is 0 Å². The number of rotatable bonds is 1. The zero-order chi connectivity index (χ0) is 13.8. The molecule has 0 aliphatic heterocycles. The van der Waals surface area contributed by atoms with Gasteiger partial charge in [0.15, 0.2) is 0 Å². The number of hydrogen-bond acceptors (Lipinski definition) is 1. The van der Waals surface area contributed by atoms with E-state index in [1.165, 1.54) is 42.4 Å². The van der Waals surface area contributed by atoms with Gasteiger partial charge in [-0.1, -0.05) is 36.6 Å². The lowest BCUT2D eigenvalue weighted by atomic mass is 9.71. The lowest BCUT2D eigenvalue weighted by Crippen LogP contribution is -2.25. The molecule has 0 aromatic carbocycles. The molecule has 0 unspecified atom stereocenters. The van der Waals surface area contributed by atoms with Crippen molar-refractivity contribution in [3.63, 3.8) is 0 Å². The third-order valence-corrected chi connectivity index (χ3v) is 5.52. The number of carbonyl (C=O) groups excluding carboxylic acids is 1. The van der Waals surface area contributed by atoms with Crippen molar-refractivity contribution >= 4 is 5.78 Å². The van der Waals surface area contributed by atoms with Gasteiger partial charge >= 0.3 is 0 Å². The van der Waals surface area contributed by atoms with Crippen molar-refractivity contribution in [2.24, 2.45) is 17.3 Å². The minimum atomic E-state index is 0.125. The third-order valence-electron chi connectivity index (χ3n) is 5.52. The summed E-state index contributed by atoms with van der Waals surface area (Å²) in [5.74, 6) is 1.05. The van der Waals surface area contributed by atoms with Gasteiger partial charge in [-0.05, 0) is 50.2 Å². The Kier molecular flexibility index (Phi) is 2.85. The summed E-state index contributed by atoms with van der Waals surface area (Å²) in [5, 5.41) is 0. The summed E-state index contributed by atoms with van der Waals surface area (Å²) >= 11 is 0. The fourth-order valence-corrected chi connectivity index (χ4v) is 4.73. The fraction of sp³-hybridized carbons (Fsp3) is 0.611. The Morgan fingerprint density at radius 3 is 2.42 bits per heavy atom. The number of hydrogen-bond donors (Lipinski definition) is 0. The average molecular weight is 256 g/mol. The van der Waals surface area contributed by atoms with Crippen LogP contribution in [0.4, 0.5) is 0 Å². The van der Waals surface area contributed by atoms with Gasteiger partial charge in [-0.15, -0.1) is 0 Å². The van der Waals surface area contributed by atoms with Crippen LogP contribution in [0, 0.1) is 17.3 Å². The summed E-state index contributed by atoms with van der Waals surface area (Å²) < 4.78 is 0. The molecule has 0 heterocycles. The molecule has 0 N–H and O–H groups in total. The van der Waals surface area contributed by atoms with Crippen LogP contribution in [0.3, 0.4) is 0 Å². The summed E-state index contributed by atoms with van der Waals surface area (Å²) in [5.41, 5.74) is 5.40. The largest absolute Gasteiger partial charge is 0.299 e. The molecule has 1 nitrogen and oxygen atoms in total. The summed E-state index contributed by atoms with van der Waals surface area (Å²) in [7, 11) is 0. The Morgan fingerprint density at radius 1 is 1.26 bits per heavy atom. The number of ketones is 1. The van der Waals surface area contributed by atoms with Crippen LogP contribution in [0.1, 0.15) is 52.9 Å². The maximum absolute atomic E-state index is 12.6. The minimum Gasteiger partial charge on any atom is -0.299 e. The van der Waals surface area contributed by atoms with Crippen LogP contribution in [-0.4, -0.2) is 5.78 Å². The van der Waals surface area contributed by atoms with E-state index in [4.69, 9.17) is 0 Å².